The first-order valence-electron chi connectivity index (χ1n) is 10.1. The Morgan fingerprint density at radius 1 is 1.12 bits per heavy atom. The molecule has 4 nitrogen and oxygen atoms in total. The maximum absolute atomic E-state index is 12.7. The molecule has 1 aliphatic heterocycles. The summed E-state index contributed by atoms with van der Waals surface area (Å²) in [6, 6.07) is 0. The number of esters is 1. The molecule has 24 heavy (non-hydrogen) atoms. The van der Waals surface area contributed by atoms with Gasteiger partial charge in [0, 0.05) is 24.9 Å². The lowest BCUT2D eigenvalue weighted by atomic mass is 9.73. The van der Waals surface area contributed by atoms with Crippen molar-refractivity contribution in [1.29, 1.82) is 0 Å². The van der Waals surface area contributed by atoms with Gasteiger partial charge in [-0.1, -0.05) is 0 Å². The highest BCUT2D eigenvalue weighted by molar-refractivity contribution is 5.75. The molecule has 0 radical (unpaired) electrons. The highest BCUT2D eigenvalue weighted by Crippen LogP contribution is 2.74. The molecule has 0 aromatic carbocycles. The minimum Gasteiger partial charge on any atom is -0.461 e. The third-order valence-electron chi connectivity index (χ3n) is 8.48. The van der Waals surface area contributed by atoms with E-state index in [2.05, 4.69) is 4.90 Å². The Bertz CT molecular complexity index is 539. The molecule has 2 spiro atoms. The minimum absolute atomic E-state index is 0.0255. The Hall–Kier alpha value is -0.610. The number of aliphatic hydroxyl groups excluding tert-OH is 1. The highest BCUT2D eigenvalue weighted by Gasteiger charge is 2.69. The summed E-state index contributed by atoms with van der Waals surface area (Å²) >= 11 is 0. The molecule has 4 heteroatoms. The second-order valence-electron chi connectivity index (χ2n) is 9.59. The lowest BCUT2D eigenvalue weighted by Gasteiger charge is -2.33. The Morgan fingerprint density at radius 3 is 2.50 bits per heavy atom. The Balaban J connectivity index is 1.43. The molecule has 4 saturated carbocycles. The Labute approximate surface area is 144 Å². The summed E-state index contributed by atoms with van der Waals surface area (Å²) in [5, 5.41) is 9.17. The number of ether oxygens (including phenoxy) is 1. The first kappa shape index (κ1) is 15.6. The van der Waals surface area contributed by atoms with E-state index in [1.54, 1.807) is 0 Å². The van der Waals surface area contributed by atoms with Gasteiger partial charge in [0.2, 0.25) is 0 Å². The van der Waals surface area contributed by atoms with Crippen molar-refractivity contribution in [3.05, 3.63) is 0 Å². The Kier molecular flexibility index (Phi) is 3.39. The van der Waals surface area contributed by atoms with Crippen LogP contribution in [0.2, 0.25) is 0 Å². The zero-order valence-corrected chi connectivity index (χ0v) is 14.9. The molecule has 5 aliphatic rings. The number of carbonyl (C=O) groups is 1. The standard InChI is InChI=1S/C20H31NO3/c1-21(10-11-22)12-14-13-2-4-19(6-7-19)15-3-5-20(8-9-20)16(15)17(13)24-18(14)23/h13-17,22H,2-12H2,1H3/t13-,14-,15+,16-,17-/m0/s1. The quantitative estimate of drug-likeness (QED) is 0.803. The van der Waals surface area contributed by atoms with E-state index in [0.717, 1.165) is 12.5 Å². The second-order valence-corrected chi connectivity index (χ2v) is 9.59. The van der Waals surface area contributed by atoms with Crippen molar-refractivity contribution in [1.82, 2.24) is 4.90 Å². The van der Waals surface area contributed by atoms with Crippen LogP contribution in [0.15, 0.2) is 0 Å². The molecule has 5 fully saturated rings. The first-order valence-corrected chi connectivity index (χ1v) is 10.1. The van der Waals surface area contributed by atoms with E-state index < -0.39 is 0 Å². The number of likely N-dealkylation sites (N-methyl/N-ethyl adjacent to an activating group) is 1. The summed E-state index contributed by atoms with van der Waals surface area (Å²) in [5.74, 6) is 1.98. The Morgan fingerprint density at radius 2 is 1.83 bits per heavy atom. The van der Waals surface area contributed by atoms with Gasteiger partial charge >= 0.3 is 5.97 Å². The lowest BCUT2D eigenvalue weighted by Crippen LogP contribution is -2.37. The van der Waals surface area contributed by atoms with E-state index in [9.17, 15) is 9.90 Å². The van der Waals surface area contributed by atoms with Gasteiger partial charge in [-0.2, -0.15) is 0 Å². The maximum atomic E-state index is 12.7. The van der Waals surface area contributed by atoms with Crippen LogP contribution in [0.3, 0.4) is 0 Å². The van der Waals surface area contributed by atoms with Gasteiger partial charge in [0.25, 0.3) is 0 Å². The molecule has 5 atom stereocenters. The molecule has 0 amide bonds. The van der Waals surface area contributed by atoms with Crippen LogP contribution < -0.4 is 0 Å². The van der Waals surface area contributed by atoms with Crippen LogP contribution in [0, 0.1) is 34.5 Å². The summed E-state index contributed by atoms with van der Waals surface area (Å²) in [5.41, 5.74) is 1.16. The zero-order chi connectivity index (χ0) is 16.5. The molecule has 1 heterocycles. The van der Waals surface area contributed by atoms with Gasteiger partial charge in [0.05, 0.1) is 12.5 Å². The number of hydrogen-bond acceptors (Lipinski definition) is 4. The van der Waals surface area contributed by atoms with Crippen LogP contribution in [-0.2, 0) is 9.53 Å². The SMILES string of the molecule is CN(CCO)C[C@@H]1C(=O)O[C@H]2[C@H]1CCC1(CC1)[C@@H]1CCC3(CC3)[C@H]21. The predicted molar refractivity (Wildman–Crippen MR) is 90.2 cm³/mol. The van der Waals surface area contributed by atoms with Gasteiger partial charge in [-0.3, -0.25) is 4.79 Å². The first-order chi connectivity index (χ1) is 11.6. The fraction of sp³-hybridized carbons (Fsp3) is 0.950. The van der Waals surface area contributed by atoms with E-state index >= 15 is 0 Å². The monoisotopic (exact) mass is 333 g/mol. The molecule has 1 N–H and O–H groups in total. The second kappa shape index (κ2) is 5.20. The van der Waals surface area contributed by atoms with Crippen molar-refractivity contribution < 1.29 is 14.6 Å². The van der Waals surface area contributed by atoms with Gasteiger partial charge in [-0.05, 0) is 75.2 Å². The van der Waals surface area contributed by atoms with Gasteiger partial charge in [-0.15, -0.1) is 0 Å². The third-order valence-corrected chi connectivity index (χ3v) is 8.48. The van der Waals surface area contributed by atoms with Crippen LogP contribution in [0.4, 0.5) is 0 Å². The van der Waals surface area contributed by atoms with Gasteiger partial charge in [0.15, 0.2) is 0 Å². The number of fused-ring (bicyclic) bond motifs is 5. The van der Waals surface area contributed by atoms with E-state index in [-0.39, 0.29) is 24.6 Å². The summed E-state index contributed by atoms with van der Waals surface area (Å²) < 4.78 is 6.12. The molecular formula is C20H31NO3. The van der Waals surface area contributed by atoms with Gasteiger partial charge < -0.3 is 14.7 Å². The van der Waals surface area contributed by atoms with Crippen molar-refractivity contribution in [3.8, 4) is 0 Å². The van der Waals surface area contributed by atoms with Crippen molar-refractivity contribution in [2.45, 2.75) is 57.5 Å². The average Bonchev–Trinajstić information content (AvgIpc) is 3.43. The normalized spacial score (nSPS) is 43.6. The lowest BCUT2D eigenvalue weighted by molar-refractivity contribution is -0.148. The summed E-state index contributed by atoms with van der Waals surface area (Å²) in [6.45, 7) is 1.54. The topological polar surface area (TPSA) is 49.8 Å². The van der Waals surface area contributed by atoms with E-state index in [0.29, 0.717) is 29.2 Å². The molecule has 5 rings (SSSR count). The molecule has 0 bridgehead atoms. The summed E-state index contributed by atoms with van der Waals surface area (Å²) in [6.07, 6.45) is 11.1. The van der Waals surface area contributed by atoms with Crippen LogP contribution in [0.5, 0.6) is 0 Å². The summed E-state index contributed by atoms with van der Waals surface area (Å²) in [4.78, 5) is 14.8. The van der Waals surface area contributed by atoms with Crippen molar-refractivity contribution in [2.24, 2.45) is 34.5 Å². The maximum Gasteiger partial charge on any atom is 0.310 e. The van der Waals surface area contributed by atoms with Crippen LogP contribution in [0.1, 0.15) is 51.4 Å². The number of rotatable bonds is 4. The molecular weight excluding hydrogens is 302 g/mol. The fourth-order valence-corrected chi connectivity index (χ4v) is 6.87. The van der Waals surface area contributed by atoms with E-state index in [1.165, 1.54) is 51.4 Å². The highest BCUT2D eigenvalue weighted by atomic mass is 16.6. The smallest absolute Gasteiger partial charge is 0.310 e. The van der Waals surface area contributed by atoms with Gasteiger partial charge in [-0.25, -0.2) is 0 Å². The average molecular weight is 333 g/mol. The largest absolute Gasteiger partial charge is 0.461 e. The van der Waals surface area contributed by atoms with Gasteiger partial charge in [0.1, 0.15) is 6.10 Å². The van der Waals surface area contributed by atoms with Crippen LogP contribution in [0.25, 0.3) is 0 Å². The van der Waals surface area contributed by atoms with Crippen LogP contribution >= 0.6 is 0 Å². The van der Waals surface area contributed by atoms with Crippen molar-refractivity contribution in [3.63, 3.8) is 0 Å². The number of hydrogen-bond donors (Lipinski definition) is 1. The van der Waals surface area contributed by atoms with E-state index in [4.69, 9.17) is 4.74 Å². The van der Waals surface area contributed by atoms with Crippen molar-refractivity contribution >= 4 is 5.97 Å². The number of aliphatic hydroxyl groups is 1. The molecule has 134 valence electrons. The minimum atomic E-state index is 0.0255. The zero-order valence-electron chi connectivity index (χ0n) is 14.9. The fourth-order valence-electron chi connectivity index (χ4n) is 6.87. The number of carbonyl (C=O) groups excluding carboxylic acids is 1. The molecule has 0 aromatic rings. The number of nitrogens with zero attached hydrogens (tertiary/aromatic N) is 1. The molecule has 0 unspecified atom stereocenters. The molecule has 1 saturated heterocycles. The molecule has 4 aliphatic carbocycles. The predicted octanol–water partition coefficient (Wildman–Crippen LogP) is 2.45. The van der Waals surface area contributed by atoms with Crippen LogP contribution in [-0.4, -0.2) is 48.8 Å². The molecule has 0 aromatic heterocycles. The third kappa shape index (κ3) is 2.14. The van der Waals surface area contributed by atoms with Crippen molar-refractivity contribution in [2.75, 3.05) is 26.7 Å². The summed E-state index contributed by atoms with van der Waals surface area (Å²) in [7, 11) is 2.01. The van der Waals surface area contributed by atoms with E-state index in [1.807, 2.05) is 7.05 Å².